The van der Waals surface area contributed by atoms with E-state index in [4.69, 9.17) is 4.98 Å². The van der Waals surface area contributed by atoms with Crippen molar-refractivity contribution in [2.24, 2.45) is 0 Å². The van der Waals surface area contributed by atoms with E-state index in [0.29, 0.717) is 0 Å². The van der Waals surface area contributed by atoms with E-state index < -0.39 is 5.41 Å². The number of rotatable bonds is 4. The predicted molar refractivity (Wildman–Crippen MR) is 221 cm³/mol. The molecular formula is C50H31N3S. The number of hydrogen-bond acceptors (Lipinski definition) is 4. The zero-order chi connectivity index (χ0) is 35.6. The third-order valence-electron chi connectivity index (χ3n) is 11.2. The highest BCUT2D eigenvalue weighted by molar-refractivity contribution is 7.99. The SMILES string of the molecule is c1ccc(-c2cc(-c3ccccc3-c3ccc4c(c3)Sc3cc(-c5cccc6ccncc56)ccc3C43c4ccccc4-c4ccccc43)ncn2)cc1. The van der Waals surface area contributed by atoms with Crippen molar-refractivity contribution in [3.05, 3.63) is 211 Å². The van der Waals surface area contributed by atoms with Gasteiger partial charge in [0.25, 0.3) is 0 Å². The lowest BCUT2D eigenvalue weighted by Gasteiger charge is -2.40. The van der Waals surface area contributed by atoms with Crippen LogP contribution in [0.15, 0.2) is 198 Å². The summed E-state index contributed by atoms with van der Waals surface area (Å²) in [5, 5.41) is 2.35. The number of pyridine rings is 1. The van der Waals surface area contributed by atoms with E-state index in [0.717, 1.165) is 39.0 Å². The van der Waals surface area contributed by atoms with Crippen LogP contribution in [-0.4, -0.2) is 15.0 Å². The number of benzene rings is 7. The molecule has 0 saturated carbocycles. The molecule has 4 heteroatoms. The lowest BCUT2D eigenvalue weighted by molar-refractivity contribution is 0.723. The molecular weight excluding hydrogens is 675 g/mol. The third-order valence-corrected chi connectivity index (χ3v) is 12.3. The number of hydrogen-bond donors (Lipinski definition) is 0. The first kappa shape index (κ1) is 31.0. The van der Waals surface area contributed by atoms with E-state index in [1.807, 2.05) is 42.4 Å². The van der Waals surface area contributed by atoms with E-state index in [-0.39, 0.29) is 0 Å². The minimum Gasteiger partial charge on any atom is -0.264 e. The molecule has 2 aromatic heterocycles. The van der Waals surface area contributed by atoms with Crippen LogP contribution in [0.2, 0.25) is 0 Å². The fraction of sp³-hybridized carbons (Fsp3) is 0.0200. The zero-order valence-electron chi connectivity index (χ0n) is 29.1. The summed E-state index contributed by atoms with van der Waals surface area (Å²) in [5.74, 6) is 0. The molecule has 54 heavy (non-hydrogen) atoms. The molecule has 1 aliphatic heterocycles. The first-order valence-corrected chi connectivity index (χ1v) is 19.1. The first-order valence-electron chi connectivity index (χ1n) is 18.2. The van der Waals surface area contributed by atoms with Gasteiger partial charge in [-0.3, -0.25) is 4.98 Å². The maximum absolute atomic E-state index is 4.79. The maximum atomic E-state index is 4.79. The van der Waals surface area contributed by atoms with E-state index in [1.165, 1.54) is 59.7 Å². The standard InChI is InChI=1S/C50H31N3S/c1-2-11-33(12-3-1)46-29-47(53-31-52-46)40-17-5-4-14-36(40)34-21-23-44-48(27-34)54-49-28-35(37-18-10-13-32-25-26-51-30-41(32)37)22-24-45(49)50(44)42-19-8-6-15-38(42)39-16-7-9-20-43(39)50/h1-31H. The molecule has 9 aromatic rings. The second-order valence-electron chi connectivity index (χ2n) is 14.0. The maximum Gasteiger partial charge on any atom is 0.116 e. The Hall–Kier alpha value is -6.62. The van der Waals surface area contributed by atoms with Crippen molar-refractivity contribution < 1.29 is 0 Å². The van der Waals surface area contributed by atoms with Crippen LogP contribution in [0.5, 0.6) is 0 Å². The van der Waals surface area contributed by atoms with E-state index >= 15 is 0 Å². The predicted octanol–water partition coefficient (Wildman–Crippen LogP) is 12.5. The van der Waals surface area contributed by atoms with Gasteiger partial charge in [-0.15, -0.1) is 0 Å². The van der Waals surface area contributed by atoms with Crippen molar-refractivity contribution >= 4 is 22.5 Å². The van der Waals surface area contributed by atoms with Crippen molar-refractivity contribution in [1.29, 1.82) is 0 Å². The lowest BCUT2D eigenvalue weighted by atomic mass is 9.67. The number of fused-ring (bicyclic) bond motifs is 10. The molecule has 0 amide bonds. The van der Waals surface area contributed by atoms with Gasteiger partial charge in [-0.1, -0.05) is 157 Å². The summed E-state index contributed by atoms with van der Waals surface area (Å²) in [7, 11) is 0. The average molecular weight is 706 g/mol. The molecule has 11 rings (SSSR count). The largest absolute Gasteiger partial charge is 0.264 e. The van der Waals surface area contributed by atoms with Crippen LogP contribution >= 0.6 is 11.8 Å². The molecule has 2 aliphatic rings. The Morgan fingerprint density at radius 1 is 0.407 bits per heavy atom. The van der Waals surface area contributed by atoms with Crippen molar-refractivity contribution in [2.75, 3.05) is 0 Å². The van der Waals surface area contributed by atoms with Crippen molar-refractivity contribution in [2.45, 2.75) is 15.2 Å². The van der Waals surface area contributed by atoms with E-state index in [1.54, 1.807) is 6.33 Å². The molecule has 1 spiro atoms. The fourth-order valence-corrected chi connectivity index (χ4v) is 10.1. The second-order valence-corrected chi connectivity index (χ2v) is 15.1. The molecule has 3 heterocycles. The highest BCUT2D eigenvalue weighted by Gasteiger charge is 2.50. The van der Waals surface area contributed by atoms with Crippen LogP contribution in [0, 0.1) is 0 Å². The van der Waals surface area contributed by atoms with E-state index in [9.17, 15) is 0 Å². The zero-order valence-corrected chi connectivity index (χ0v) is 30.0. The van der Waals surface area contributed by atoms with Gasteiger partial charge >= 0.3 is 0 Å². The lowest BCUT2D eigenvalue weighted by Crippen LogP contribution is -2.32. The van der Waals surface area contributed by atoms with Gasteiger partial charge in [-0.05, 0) is 85.3 Å². The summed E-state index contributed by atoms with van der Waals surface area (Å²) < 4.78 is 0. The van der Waals surface area contributed by atoms with Gasteiger partial charge in [0, 0.05) is 38.7 Å². The minimum atomic E-state index is -0.461. The monoisotopic (exact) mass is 705 g/mol. The van der Waals surface area contributed by atoms with Crippen LogP contribution in [0.1, 0.15) is 22.3 Å². The molecule has 7 aromatic carbocycles. The average Bonchev–Trinajstić information content (AvgIpc) is 3.54. The highest BCUT2D eigenvalue weighted by atomic mass is 32.2. The Morgan fingerprint density at radius 3 is 1.72 bits per heavy atom. The quantitative estimate of drug-likeness (QED) is 0.183. The van der Waals surface area contributed by atoms with Crippen LogP contribution in [0.4, 0.5) is 0 Å². The minimum absolute atomic E-state index is 0.461. The van der Waals surface area contributed by atoms with Crippen LogP contribution in [0.3, 0.4) is 0 Å². The summed E-state index contributed by atoms with van der Waals surface area (Å²) in [6, 6.07) is 61.8. The Bertz CT molecular complexity index is 2880. The Kier molecular flexibility index (Phi) is 7.01. The highest BCUT2D eigenvalue weighted by Crippen LogP contribution is 2.62. The summed E-state index contributed by atoms with van der Waals surface area (Å²) >= 11 is 1.88. The third kappa shape index (κ3) is 4.60. The molecule has 0 radical (unpaired) electrons. The second kappa shape index (κ2) is 12.2. The molecule has 3 nitrogen and oxygen atoms in total. The Labute approximate surface area is 318 Å². The van der Waals surface area contributed by atoms with E-state index in [2.05, 4.69) is 162 Å². The topological polar surface area (TPSA) is 38.7 Å². The van der Waals surface area contributed by atoms with Crippen LogP contribution in [0.25, 0.3) is 66.7 Å². The molecule has 0 fully saturated rings. The van der Waals surface area contributed by atoms with Crippen molar-refractivity contribution in [1.82, 2.24) is 15.0 Å². The molecule has 0 N–H and O–H groups in total. The van der Waals surface area contributed by atoms with Gasteiger partial charge in [0.05, 0.1) is 16.8 Å². The van der Waals surface area contributed by atoms with Gasteiger partial charge in [0.15, 0.2) is 0 Å². The molecule has 0 saturated heterocycles. The van der Waals surface area contributed by atoms with Gasteiger partial charge in [-0.25, -0.2) is 9.97 Å². The number of aromatic nitrogens is 3. The molecule has 1 aliphatic carbocycles. The number of nitrogens with zero attached hydrogens (tertiary/aromatic N) is 3. The Balaban J connectivity index is 1.13. The van der Waals surface area contributed by atoms with Gasteiger partial charge in [-0.2, -0.15) is 0 Å². The van der Waals surface area contributed by atoms with Gasteiger partial charge < -0.3 is 0 Å². The molecule has 0 unspecified atom stereocenters. The van der Waals surface area contributed by atoms with Gasteiger partial charge in [0.1, 0.15) is 6.33 Å². The molecule has 0 atom stereocenters. The normalized spacial score (nSPS) is 13.3. The Morgan fingerprint density at radius 2 is 1.00 bits per heavy atom. The first-order chi connectivity index (χ1) is 26.8. The summed E-state index contributed by atoms with van der Waals surface area (Å²) in [5.41, 5.74) is 16.1. The van der Waals surface area contributed by atoms with Crippen LogP contribution < -0.4 is 0 Å². The summed E-state index contributed by atoms with van der Waals surface area (Å²) in [6.45, 7) is 0. The smallest absolute Gasteiger partial charge is 0.116 e. The molecule has 252 valence electrons. The summed E-state index contributed by atoms with van der Waals surface area (Å²) in [6.07, 6.45) is 5.53. The van der Waals surface area contributed by atoms with Gasteiger partial charge in [0.2, 0.25) is 0 Å². The molecule has 0 bridgehead atoms. The fourth-order valence-electron chi connectivity index (χ4n) is 8.84. The van der Waals surface area contributed by atoms with Crippen LogP contribution in [-0.2, 0) is 5.41 Å². The summed E-state index contributed by atoms with van der Waals surface area (Å²) in [4.78, 5) is 16.4. The van der Waals surface area contributed by atoms with Crippen molar-refractivity contribution in [3.63, 3.8) is 0 Å². The van der Waals surface area contributed by atoms with Crippen molar-refractivity contribution in [3.8, 4) is 55.9 Å².